The van der Waals surface area contributed by atoms with E-state index in [-0.39, 0.29) is 75.5 Å². The number of hydrogen-bond acceptors (Lipinski definition) is 17. The summed E-state index contributed by atoms with van der Waals surface area (Å²) in [5, 5.41) is 49.8. The van der Waals surface area contributed by atoms with Gasteiger partial charge in [0.15, 0.2) is 5.75 Å². The Morgan fingerprint density at radius 1 is 0.600 bits per heavy atom. The Morgan fingerprint density at radius 2 is 1.23 bits per heavy atom. The average molecular weight is 1010 g/mol. The number of rotatable bonds is 17. The molecule has 0 radical (unpaired) electrons. The number of carbonyl (C=O) groups is 1. The highest BCUT2D eigenvalue weighted by atomic mass is 32.2. The summed E-state index contributed by atoms with van der Waals surface area (Å²) in [6, 6.07) is 26.1. The zero-order chi connectivity index (χ0) is 50.5. The number of nitrogens with zero attached hydrogens (tertiary/aromatic N) is 6. The van der Waals surface area contributed by atoms with Crippen molar-refractivity contribution in [2.75, 3.05) is 24.8 Å². The summed E-state index contributed by atoms with van der Waals surface area (Å²) in [6.45, 7) is 3.38. The predicted molar refractivity (Wildman–Crippen MR) is 258 cm³/mol. The van der Waals surface area contributed by atoms with Crippen molar-refractivity contribution in [2.45, 2.75) is 36.5 Å². The minimum absolute atomic E-state index is 0.0249. The number of fused-ring (bicyclic) bond motifs is 2. The Morgan fingerprint density at radius 3 is 1.89 bits per heavy atom. The van der Waals surface area contributed by atoms with Crippen molar-refractivity contribution in [3.05, 3.63) is 126 Å². The molecule has 21 nitrogen and oxygen atoms in total. The topological polar surface area (TPSA) is 325 Å². The SMILES string of the molecule is COc1cc(C(=O)Nc2ccc3c(OCCCCS(=O)(=O)O)cc(S(=O)(=O)O)cc3c2)ccc1N=Nc1cc(C)c(N=Nc2c(S(=O)(=O)O)cc3cc(/N=N/c4ccc(O)cc4)ccc3c2O)cc1C. The number of aromatic hydroxyl groups is 2. The molecule has 24 heteroatoms. The van der Waals surface area contributed by atoms with Gasteiger partial charge in [0.05, 0.1) is 47.1 Å². The Balaban J connectivity index is 1.07. The maximum Gasteiger partial charge on any atom is 0.296 e. The number of carbonyl (C=O) groups excluding carboxylic acids is 1. The molecule has 0 aromatic heterocycles. The van der Waals surface area contributed by atoms with Gasteiger partial charge in [-0.25, -0.2) is 0 Å². The number of hydrogen-bond donors (Lipinski definition) is 6. The molecule has 0 bridgehead atoms. The highest BCUT2D eigenvalue weighted by Crippen LogP contribution is 2.43. The van der Waals surface area contributed by atoms with Crippen LogP contribution in [0.2, 0.25) is 0 Å². The zero-order valence-corrected chi connectivity index (χ0v) is 39.5. The average Bonchev–Trinajstić information content (AvgIpc) is 3.30. The summed E-state index contributed by atoms with van der Waals surface area (Å²) in [5.41, 5.74) is 2.70. The highest BCUT2D eigenvalue weighted by Gasteiger charge is 2.23. The number of ether oxygens (including phenoxy) is 2. The molecule has 0 aliphatic carbocycles. The summed E-state index contributed by atoms with van der Waals surface area (Å²) in [7, 11) is -12.4. The van der Waals surface area contributed by atoms with E-state index >= 15 is 0 Å². The molecule has 1 amide bonds. The van der Waals surface area contributed by atoms with E-state index in [4.69, 9.17) is 14.0 Å². The van der Waals surface area contributed by atoms with Gasteiger partial charge in [-0.2, -0.15) is 45.7 Å². The van der Waals surface area contributed by atoms with Crippen molar-refractivity contribution >= 4 is 97.6 Å². The molecule has 0 fully saturated rings. The number of unbranched alkanes of at least 4 members (excludes halogenated alkanes) is 1. The Labute approximate surface area is 400 Å². The van der Waals surface area contributed by atoms with Gasteiger partial charge < -0.3 is 25.0 Å². The Hall–Kier alpha value is -7.74. The molecule has 0 heterocycles. The van der Waals surface area contributed by atoms with Crippen LogP contribution in [-0.4, -0.2) is 74.5 Å². The first-order valence-electron chi connectivity index (χ1n) is 20.6. The van der Waals surface area contributed by atoms with Crippen LogP contribution in [0, 0.1) is 13.8 Å². The molecule has 6 N–H and O–H groups in total. The number of benzene rings is 7. The summed E-state index contributed by atoms with van der Waals surface area (Å²) < 4.78 is 111. The van der Waals surface area contributed by atoms with Crippen molar-refractivity contribution in [3.8, 4) is 23.0 Å². The van der Waals surface area contributed by atoms with Gasteiger partial charge in [0.2, 0.25) is 0 Å². The van der Waals surface area contributed by atoms with E-state index in [1.54, 1.807) is 50.2 Å². The smallest absolute Gasteiger partial charge is 0.296 e. The standard InChI is InChI=1S/C46H41N7O14S3/c1-26-19-40(52-53-44-43(70(63,64)65)24-30-21-33(10-14-37(30)45(44)55)49-48-31-7-11-34(54)12-8-31)27(2)18-39(26)51-50-38-15-6-28(23-42(38)66-3)46(56)47-32-9-13-36-29(20-32)22-35(69(60,61)62)25-41(36)67-16-4-5-17-68(57,58)59/h6-15,18-25,54-55H,4-5,16-17H2,1-3H3,(H,47,56)(H,57,58,59)(H,60,61,62)(H,63,64,65)/b49-48+,51-50?,53-52?. The molecule has 70 heavy (non-hydrogen) atoms. The van der Waals surface area contributed by atoms with Gasteiger partial charge >= 0.3 is 0 Å². The molecule has 7 aromatic carbocycles. The van der Waals surface area contributed by atoms with Gasteiger partial charge in [-0.05, 0) is 152 Å². The number of aryl methyl sites for hydroxylation is 2. The number of nitrogens with one attached hydrogen (secondary N) is 1. The van der Waals surface area contributed by atoms with Gasteiger partial charge in [-0.15, -0.1) is 10.2 Å². The van der Waals surface area contributed by atoms with Crippen LogP contribution >= 0.6 is 0 Å². The number of phenolic OH excluding ortho intramolecular Hbond substituents is 2. The normalized spacial score (nSPS) is 12.4. The molecule has 0 aliphatic rings. The maximum atomic E-state index is 13.4. The highest BCUT2D eigenvalue weighted by molar-refractivity contribution is 7.86. The largest absolute Gasteiger partial charge is 0.508 e. The third-order valence-electron chi connectivity index (χ3n) is 10.4. The number of amides is 1. The van der Waals surface area contributed by atoms with E-state index < -0.39 is 63.2 Å². The van der Waals surface area contributed by atoms with Crippen LogP contribution in [0.25, 0.3) is 21.5 Å². The molecular weight excluding hydrogens is 971 g/mol. The lowest BCUT2D eigenvalue weighted by atomic mass is 10.1. The van der Waals surface area contributed by atoms with Crippen LogP contribution < -0.4 is 14.8 Å². The monoisotopic (exact) mass is 1010 g/mol. The second-order valence-electron chi connectivity index (χ2n) is 15.5. The summed E-state index contributed by atoms with van der Waals surface area (Å²) in [5.74, 6) is -1.29. The summed E-state index contributed by atoms with van der Waals surface area (Å²) in [4.78, 5) is 12.3. The molecule has 0 aliphatic heterocycles. The summed E-state index contributed by atoms with van der Waals surface area (Å²) in [6.07, 6.45) is 0.302. The lowest BCUT2D eigenvalue weighted by molar-refractivity contribution is 0.102. The number of anilines is 1. The fourth-order valence-electron chi connectivity index (χ4n) is 6.87. The van der Waals surface area contributed by atoms with E-state index in [2.05, 4.69) is 36.0 Å². The van der Waals surface area contributed by atoms with Crippen molar-refractivity contribution in [3.63, 3.8) is 0 Å². The molecule has 362 valence electrons. The van der Waals surface area contributed by atoms with Gasteiger partial charge in [0, 0.05) is 28.1 Å². The fraction of sp³-hybridized carbons (Fsp3) is 0.152. The second kappa shape index (κ2) is 20.5. The molecule has 0 unspecified atom stereocenters. The number of azo groups is 3. The minimum atomic E-state index is -4.93. The maximum absolute atomic E-state index is 13.4. The Bertz CT molecular complexity index is 3640. The van der Waals surface area contributed by atoms with E-state index in [1.807, 2.05) is 0 Å². The van der Waals surface area contributed by atoms with Gasteiger partial charge in [-0.1, -0.05) is 0 Å². The molecule has 0 saturated heterocycles. The van der Waals surface area contributed by atoms with Crippen LogP contribution in [0.1, 0.15) is 34.3 Å². The first-order chi connectivity index (χ1) is 33.1. The molecular formula is C46H41N7O14S3. The molecule has 0 spiro atoms. The second-order valence-corrected chi connectivity index (χ2v) is 19.9. The van der Waals surface area contributed by atoms with Crippen molar-refractivity contribution in [2.24, 2.45) is 30.7 Å². The number of methoxy groups -OCH3 is 1. The molecule has 0 saturated carbocycles. The van der Waals surface area contributed by atoms with Crippen LogP contribution in [0.4, 0.5) is 39.8 Å². The predicted octanol–water partition coefficient (Wildman–Crippen LogP) is 11.1. The van der Waals surface area contributed by atoms with Gasteiger partial charge in [0.25, 0.3) is 36.3 Å². The van der Waals surface area contributed by atoms with Crippen molar-refractivity contribution in [1.29, 1.82) is 0 Å². The zero-order valence-electron chi connectivity index (χ0n) is 37.0. The van der Waals surface area contributed by atoms with Crippen LogP contribution in [-0.2, 0) is 30.4 Å². The van der Waals surface area contributed by atoms with Crippen LogP contribution in [0.5, 0.6) is 23.0 Å². The lowest BCUT2D eigenvalue weighted by Crippen LogP contribution is -2.12. The summed E-state index contributed by atoms with van der Waals surface area (Å²) >= 11 is 0. The molecule has 0 atom stereocenters. The third kappa shape index (κ3) is 12.3. The van der Waals surface area contributed by atoms with Gasteiger partial charge in [-0.3, -0.25) is 18.5 Å². The lowest BCUT2D eigenvalue weighted by Gasteiger charge is -2.13. The third-order valence-corrected chi connectivity index (χ3v) is 12.9. The first kappa shape index (κ1) is 50.1. The van der Waals surface area contributed by atoms with Crippen molar-refractivity contribution < 1.29 is 63.4 Å². The number of phenols is 2. The van der Waals surface area contributed by atoms with E-state index in [0.29, 0.717) is 33.6 Å². The van der Waals surface area contributed by atoms with E-state index in [0.717, 1.165) is 12.1 Å². The van der Waals surface area contributed by atoms with E-state index in [1.165, 1.54) is 67.8 Å². The van der Waals surface area contributed by atoms with Crippen LogP contribution in [0.3, 0.4) is 0 Å². The minimum Gasteiger partial charge on any atom is -0.508 e. The quantitative estimate of drug-likeness (QED) is 0.0281. The fourth-order valence-corrected chi connectivity index (χ4v) is 8.63. The van der Waals surface area contributed by atoms with Gasteiger partial charge in [0.1, 0.15) is 33.5 Å². The first-order valence-corrected chi connectivity index (χ1v) is 25.1. The van der Waals surface area contributed by atoms with E-state index in [9.17, 15) is 49.4 Å². The van der Waals surface area contributed by atoms with Crippen molar-refractivity contribution in [1.82, 2.24) is 0 Å². The van der Waals surface area contributed by atoms with Crippen LogP contribution in [0.15, 0.2) is 150 Å². The Kier molecular flexibility index (Phi) is 14.7. The molecule has 7 aromatic rings. The molecule has 7 rings (SSSR count).